The number of phosphoric ester groups is 1. The molecule has 0 rings (SSSR count). The van der Waals surface area contributed by atoms with Crippen LogP contribution in [0.3, 0.4) is 0 Å². The number of likely N-dealkylation sites (N-methyl/N-ethyl adjacent to an activating group) is 1. The van der Waals surface area contributed by atoms with Crippen molar-refractivity contribution in [3.8, 4) is 0 Å². The zero-order valence-corrected chi connectivity index (χ0v) is 37.7. The summed E-state index contributed by atoms with van der Waals surface area (Å²) in [6, 6.07) is -0.234. The van der Waals surface area contributed by atoms with Gasteiger partial charge in [-0.15, -0.1) is 0 Å². The molecule has 2 unspecified atom stereocenters. The zero-order valence-electron chi connectivity index (χ0n) is 36.8. The fraction of sp³-hybridized carbons (Fsp3) is 0.977. The number of quaternary nitrogens is 1. The van der Waals surface area contributed by atoms with Crippen molar-refractivity contribution in [2.45, 2.75) is 213 Å². The molecule has 0 aliphatic rings. The highest BCUT2D eigenvalue weighted by atomic mass is 31.2. The molecule has 1 N–H and O–H groups in total. The lowest BCUT2D eigenvalue weighted by Gasteiger charge is -2.32. The Kier molecular flexibility index (Phi) is 37.4. The number of ether oxygens (including phenoxy) is 1. The van der Waals surface area contributed by atoms with E-state index in [2.05, 4.69) is 19.2 Å². The quantitative estimate of drug-likeness (QED) is 0.0375. The number of unbranched alkanes of at least 4 members (excludes halogenated alkanes) is 28. The van der Waals surface area contributed by atoms with Gasteiger partial charge in [-0.25, -0.2) is 4.79 Å². The first-order chi connectivity index (χ1) is 26.0. The molecule has 0 spiro atoms. The van der Waals surface area contributed by atoms with Crippen LogP contribution >= 0.6 is 7.82 Å². The van der Waals surface area contributed by atoms with E-state index < -0.39 is 13.9 Å². The lowest BCUT2D eigenvalue weighted by molar-refractivity contribution is -0.870. The van der Waals surface area contributed by atoms with Crippen LogP contribution in [0.1, 0.15) is 206 Å². The molecular weight excluding hydrogens is 697 g/mol. The maximum absolute atomic E-state index is 12.8. The van der Waals surface area contributed by atoms with Crippen molar-refractivity contribution in [3.05, 3.63) is 0 Å². The van der Waals surface area contributed by atoms with Crippen molar-refractivity contribution < 1.29 is 32.5 Å². The van der Waals surface area contributed by atoms with E-state index in [1.165, 1.54) is 161 Å². The van der Waals surface area contributed by atoms with Gasteiger partial charge in [0, 0.05) is 20.2 Å². The number of hydrogen-bond donors (Lipinski definition) is 1. The molecule has 0 aliphatic carbocycles. The summed E-state index contributed by atoms with van der Waals surface area (Å²) in [5.41, 5.74) is 0. The Balaban J connectivity index is 4.50. The average Bonchev–Trinajstić information content (AvgIpc) is 3.12. The van der Waals surface area contributed by atoms with Gasteiger partial charge in [0.1, 0.15) is 19.3 Å². The largest absolute Gasteiger partial charge is 0.756 e. The van der Waals surface area contributed by atoms with Gasteiger partial charge in [-0.2, -0.15) is 0 Å². The maximum atomic E-state index is 12.8. The van der Waals surface area contributed by atoms with Crippen molar-refractivity contribution in [2.75, 3.05) is 67.6 Å². The molecule has 0 heterocycles. The van der Waals surface area contributed by atoms with E-state index in [9.17, 15) is 14.3 Å². The van der Waals surface area contributed by atoms with E-state index in [1.54, 1.807) is 11.9 Å². The van der Waals surface area contributed by atoms with Crippen molar-refractivity contribution in [2.24, 2.45) is 0 Å². The van der Waals surface area contributed by atoms with Crippen molar-refractivity contribution in [3.63, 3.8) is 0 Å². The van der Waals surface area contributed by atoms with E-state index >= 15 is 0 Å². The molecule has 2 atom stereocenters. The Bertz CT molecular complexity index is 859. The predicted molar refractivity (Wildman–Crippen MR) is 228 cm³/mol. The third kappa shape index (κ3) is 38.2. The summed E-state index contributed by atoms with van der Waals surface area (Å²) in [5, 5.41) is 2.72. The molecule has 0 aromatic carbocycles. The van der Waals surface area contributed by atoms with Crippen LogP contribution in [-0.4, -0.2) is 89.2 Å². The monoisotopic (exact) mass is 790 g/mol. The third-order valence-corrected chi connectivity index (χ3v) is 11.5. The lowest BCUT2D eigenvalue weighted by Crippen LogP contribution is -2.45. The molecule has 54 heavy (non-hydrogen) atoms. The minimum absolute atomic E-state index is 0.0370. The standard InChI is InChI=1S/C44H92N3O6P/c1-7-9-11-13-15-17-19-21-23-24-26-28-30-32-34-36-39-51-42-43(53-54(49,50)52-40-38-47(4,5)6)41-46(44(48)45-3)37-35-33-31-29-27-25-22-20-18-16-14-12-10-8-2/h43H,7-42H2,1-6H3,(H-,45,48,49,50). The number of rotatable bonds is 42. The van der Waals surface area contributed by atoms with Gasteiger partial charge in [-0.3, -0.25) is 4.57 Å². The first kappa shape index (κ1) is 53.3. The predicted octanol–water partition coefficient (Wildman–Crippen LogP) is 12.0. The summed E-state index contributed by atoms with van der Waals surface area (Å²) in [4.78, 5) is 27.3. The van der Waals surface area contributed by atoms with Crippen LogP contribution in [0.25, 0.3) is 0 Å². The van der Waals surface area contributed by atoms with Gasteiger partial charge >= 0.3 is 6.03 Å². The van der Waals surface area contributed by atoms with Crippen LogP contribution in [0.15, 0.2) is 0 Å². The molecule has 324 valence electrons. The van der Waals surface area contributed by atoms with Crippen LogP contribution in [0, 0.1) is 0 Å². The molecule has 0 saturated carbocycles. The Morgan fingerprint density at radius 2 is 0.981 bits per heavy atom. The number of urea groups is 1. The van der Waals surface area contributed by atoms with Crippen LogP contribution in [-0.2, 0) is 18.3 Å². The number of carbonyl (C=O) groups is 1. The molecule has 0 saturated heterocycles. The Morgan fingerprint density at radius 3 is 1.35 bits per heavy atom. The van der Waals surface area contributed by atoms with Crippen LogP contribution in [0.2, 0.25) is 0 Å². The van der Waals surface area contributed by atoms with E-state index in [1.807, 2.05) is 21.1 Å². The summed E-state index contributed by atoms with van der Waals surface area (Å²) >= 11 is 0. The SMILES string of the molecule is CCCCCCCCCCCCCCCCCCOCC(CN(CCCCCCCCCCCCCCCC)C(=O)NC)OP(=O)([O-])OCC[N+](C)(C)C. The normalized spacial score (nSPS) is 13.6. The van der Waals surface area contributed by atoms with Gasteiger partial charge < -0.3 is 33.4 Å². The second-order valence-corrected chi connectivity index (χ2v) is 18.4. The molecule has 10 heteroatoms. The van der Waals surface area contributed by atoms with E-state index in [-0.39, 0.29) is 25.8 Å². The van der Waals surface area contributed by atoms with Gasteiger partial charge in [0.15, 0.2) is 0 Å². The summed E-state index contributed by atoms with van der Waals surface area (Å²) in [6.07, 6.45) is 37.9. The summed E-state index contributed by atoms with van der Waals surface area (Å²) in [5.74, 6) is 0. The van der Waals surface area contributed by atoms with Crippen LogP contribution < -0.4 is 10.2 Å². The van der Waals surface area contributed by atoms with E-state index in [4.69, 9.17) is 13.8 Å². The number of nitrogens with zero attached hydrogens (tertiary/aromatic N) is 2. The van der Waals surface area contributed by atoms with Crippen molar-refractivity contribution in [1.82, 2.24) is 10.2 Å². The highest BCUT2D eigenvalue weighted by molar-refractivity contribution is 7.45. The van der Waals surface area contributed by atoms with E-state index in [0.29, 0.717) is 24.2 Å². The topological polar surface area (TPSA) is 100 Å². The maximum Gasteiger partial charge on any atom is 0.317 e. The third-order valence-electron chi connectivity index (χ3n) is 10.4. The summed E-state index contributed by atoms with van der Waals surface area (Å²) < 4.78 is 30.2. The number of phosphoric acid groups is 1. The molecule has 0 radical (unpaired) electrons. The van der Waals surface area contributed by atoms with Crippen molar-refractivity contribution >= 4 is 13.9 Å². The Morgan fingerprint density at radius 1 is 0.611 bits per heavy atom. The number of hydrogen-bond acceptors (Lipinski definition) is 6. The molecular formula is C44H92N3O6P. The second kappa shape index (κ2) is 37.9. The smallest absolute Gasteiger partial charge is 0.317 e. The van der Waals surface area contributed by atoms with E-state index in [0.717, 1.165) is 32.1 Å². The fourth-order valence-corrected chi connectivity index (χ4v) is 7.76. The van der Waals surface area contributed by atoms with Gasteiger partial charge in [0.2, 0.25) is 0 Å². The second-order valence-electron chi connectivity index (χ2n) is 17.0. The minimum atomic E-state index is -4.58. The van der Waals surface area contributed by atoms with Gasteiger partial charge in [-0.05, 0) is 12.8 Å². The average molecular weight is 790 g/mol. The Labute approximate surface area is 336 Å². The molecule has 2 amide bonds. The molecule has 0 bridgehead atoms. The number of nitrogens with one attached hydrogen (secondary N) is 1. The number of amides is 2. The van der Waals surface area contributed by atoms with Crippen LogP contribution in [0.4, 0.5) is 4.79 Å². The molecule has 0 aromatic heterocycles. The van der Waals surface area contributed by atoms with Crippen LogP contribution in [0.5, 0.6) is 0 Å². The first-order valence-electron chi connectivity index (χ1n) is 23.0. The Hall–Kier alpha value is -0.700. The number of carbonyl (C=O) groups excluding carboxylic acids is 1. The lowest BCUT2D eigenvalue weighted by atomic mass is 10.0. The molecule has 0 fully saturated rings. The highest BCUT2D eigenvalue weighted by Gasteiger charge is 2.24. The van der Waals surface area contributed by atoms with Crippen molar-refractivity contribution in [1.29, 1.82) is 0 Å². The first-order valence-corrected chi connectivity index (χ1v) is 24.5. The van der Waals surface area contributed by atoms with Gasteiger partial charge in [-0.1, -0.05) is 194 Å². The van der Waals surface area contributed by atoms with Gasteiger partial charge in [0.25, 0.3) is 7.82 Å². The summed E-state index contributed by atoms with van der Waals surface area (Å²) in [7, 11) is 2.96. The molecule has 0 aliphatic heterocycles. The van der Waals surface area contributed by atoms with Gasteiger partial charge in [0.05, 0.1) is 34.3 Å². The zero-order chi connectivity index (χ0) is 40.0. The molecule has 9 nitrogen and oxygen atoms in total. The highest BCUT2D eigenvalue weighted by Crippen LogP contribution is 2.40. The summed E-state index contributed by atoms with van der Waals surface area (Å²) in [6.45, 7) is 6.42. The minimum Gasteiger partial charge on any atom is -0.756 e. The molecule has 0 aromatic rings. The fourth-order valence-electron chi connectivity index (χ4n) is 6.90.